The highest BCUT2D eigenvalue weighted by molar-refractivity contribution is 5.65. The van der Waals surface area contributed by atoms with Crippen LogP contribution in [0.5, 0.6) is 0 Å². The lowest BCUT2D eigenvalue weighted by atomic mass is 9.74. The van der Waals surface area contributed by atoms with Gasteiger partial charge in [-0.15, -0.1) is 0 Å². The van der Waals surface area contributed by atoms with Gasteiger partial charge in [-0.2, -0.15) is 0 Å². The average molecular weight is 539 g/mol. The van der Waals surface area contributed by atoms with Crippen LogP contribution in [0.4, 0.5) is 8.78 Å². The van der Waals surface area contributed by atoms with E-state index in [-0.39, 0.29) is 5.82 Å². The number of unbranched alkanes of at least 4 members (excludes halogenated alkanes) is 2. The molecule has 0 aromatic heterocycles. The van der Waals surface area contributed by atoms with Gasteiger partial charge in [-0.05, 0) is 79.9 Å². The molecule has 0 spiro atoms. The maximum absolute atomic E-state index is 15.2. The number of ether oxygens (including phenoxy) is 2. The lowest BCUT2D eigenvalue weighted by Gasteiger charge is -2.38. The molecule has 3 aliphatic rings. The summed E-state index contributed by atoms with van der Waals surface area (Å²) in [6.45, 7) is 5.85. The Kier molecular flexibility index (Phi) is 10.1. The summed E-state index contributed by atoms with van der Waals surface area (Å²) < 4.78 is 42.6. The summed E-state index contributed by atoms with van der Waals surface area (Å²) in [6, 6.07) is 10.3. The van der Waals surface area contributed by atoms with E-state index in [0.29, 0.717) is 47.7 Å². The van der Waals surface area contributed by atoms with E-state index in [1.807, 2.05) is 12.1 Å². The van der Waals surface area contributed by atoms with Crippen LogP contribution in [0.3, 0.4) is 0 Å². The number of halogens is 2. The van der Waals surface area contributed by atoms with Crippen molar-refractivity contribution < 1.29 is 18.3 Å². The van der Waals surface area contributed by atoms with E-state index in [9.17, 15) is 0 Å². The van der Waals surface area contributed by atoms with Crippen molar-refractivity contribution >= 4 is 0 Å². The normalized spacial score (nSPS) is 29.8. The zero-order valence-corrected chi connectivity index (χ0v) is 24.1. The van der Waals surface area contributed by atoms with Gasteiger partial charge in [0, 0.05) is 22.6 Å². The Labute approximate surface area is 234 Å². The molecule has 39 heavy (non-hydrogen) atoms. The van der Waals surface area contributed by atoms with Crippen LogP contribution in [-0.4, -0.2) is 13.2 Å². The van der Waals surface area contributed by atoms with Gasteiger partial charge >= 0.3 is 0 Å². The third kappa shape index (κ3) is 7.11. The molecule has 0 unspecified atom stereocenters. The van der Waals surface area contributed by atoms with Crippen LogP contribution >= 0.6 is 0 Å². The van der Waals surface area contributed by atoms with Gasteiger partial charge in [0.1, 0.15) is 11.6 Å². The first kappa shape index (κ1) is 28.7. The highest BCUT2D eigenvalue weighted by atomic mass is 19.1. The maximum Gasteiger partial charge on any atom is 0.183 e. The van der Waals surface area contributed by atoms with Gasteiger partial charge in [0.05, 0.1) is 13.2 Å². The molecular formula is C35H48F2O2. The highest BCUT2D eigenvalue weighted by Gasteiger charge is 2.32. The second kappa shape index (κ2) is 13.7. The van der Waals surface area contributed by atoms with Crippen LogP contribution in [0, 0.1) is 35.3 Å². The van der Waals surface area contributed by atoms with Crippen LogP contribution in [-0.2, 0) is 9.47 Å². The zero-order valence-electron chi connectivity index (χ0n) is 24.1. The second-order valence-corrected chi connectivity index (χ2v) is 12.6. The molecule has 2 aromatic rings. The van der Waals surface area contributed by atoms with Crippen LogP contribution in [0.15, 0.2) is 36.4 Å². The second-order valence-electron chi connectivity index (χ2n) is 12.6. The molecule has 4 heteroatoms. The fourth-order valence-electron chi connectivity index (χ4n) is 7.42. The van der Waals surface area contributed by atoms with Crippen molar-refractivity contribution in [1.29, 1.82) is 0 Å². The zero-order chi connectivity index (χ0) is 27.2. The van der Waals surface area contributed by atoms with E-state index in [1.165, 1.54) is 76.7 Å². The number of hydrogen-bond acceptors (Lipinski definition) is 2. The number of rotatable bonds is 9. The Balaban J connectivity index is 1.15. The van der Waals surface area contributed by atoms with Gasteiger partial charge in [-0.25, -0.2) is 8.78 Å². The molecule has 2 nitrogen and oxygen atoms in total. The van der Waals surface area contributed by atoms with Crippen molar-refractivity contribution in [3.8, 4) is 11.1 Å². The van der Waals surface area contributed by atoms with Crippen molar-refractivity contribution in [3.05, 3.63) is 59.2 Å². The molecule has 214 valence electrons. The summed E-state index contributed by atoms with van der Waals surface area (Å²) in [5, 5.41) is 0. The standard InChI is InChI=1S/C35H48F2O2/c1-3-5-6-7-25-10-14-27(15-11-25)30-22-38-35(39-23-30)29-17-19-32(34(37)21-29)31-18-16-28(20-33(31)36)26-12-8-24(4-2)9-13-26/h16-21,24-27,30,35H,3-15,22-23H2,1-2H3. The summed E-state index contributed by atoms with van der Waals surface area (Å²) in [6.07, 6.45) is 15.9. The molecular weight excluding hydrogens is 490 g/mol. The van der Waals surface area contributed by atoms with Crippen LogP contribution in [0.1, 0.15) is 121 Å². The lowest BCUT2D eigenvalue weighted by Crippen LogP contribution is -2.34. The highest BCUT2D eigenvalue weighted by Crippen LogP contribution is 2.40. The van der Waals surface area contributed by atoms with Gasteiger partial charge in [0.2, 0.25) is 0 Å². The molecule has 5 rings (SSSR count). The van der Waals surface area contributed by atoms with E-state index < -0.39 is 12.1 Å². The molecule has 1 aliphatic heterocycles. The predicted molar refractivity (Wildman–Crippen MR) is 155 cm³/mol. The van der Waals surface area contributed by atoms with E-state index in [0.717, 1.165) is 30.2 Å². The number of hydrogen-bond donors (Lipinski definition) is 0. The van der Waals surface area contributed by atoms with E-state index in [1.54, 1.807) is 18.2 Å². The largest absolute Gasteiger partial charge is 0.348 e. The average Bonchev–Trinajstić information content (AvgIpc) is 2.98. The third-order valence-electron chi connectivity index (χ3n) is 10.1. The van der Waals surface area contributed by atoms with Crippen LogP contribution < -0.4 is 0 Å². The third-order valence-corrected chi connectivity index (χ3v) is 10.1. The molecule has 1 heterocycles. The quantitative estimate of drug-likeness (QED) is 0.296. The Bertz CT molecular complexity index is 1040. The van der Waals surface area contributed by atoms with Gasteiger partial charge in [-0.1, -0.05) is 83.1 Å². The van der Waals surface area contributed by atoms with Crippen molar-refractivity contribution in [2.45, 2.75) is 110 Å². The molecule has 2 saturated carbocycles. The SMILES string of the molecule is CCCCCC1CCC(C2COC(c3ccc(-c4ccc(C5CCC(CC)CC5)cc4F)c(F)c3)OC2)CC1. The first-order valence-corrected chi connectivity index (χ1v) is 15.9. The van der Waals surface area contributed by atoms with Crippen molar-refractivity contribution in [2.75, 3.05) is 13.2 Å². The fraction of sp³-hybridized carbons (Fsp3) is 0.657. The smallest absolute Gasteiger partial charge is 0.183 e. The summed E-state index contributed by atoms with van der Waals surface area (Å²) >= 11 is 0. The summed E-state index contributed by atoms with van der Waals surface area (Å²) in [7, 11) is 0. The Morgan fingerprint density at radius 3 is 1.85 bits per heavy atom. The molecule has 2 aromatic carbocycles. The monoisotopic (exact) mass is 538 g/mol. The summed E-state index contributed by atoms with van der Waals surface area (Å²) in [4.78, 5) is 0. The fourth-order valence-corrected chi connectivity index (χ4v) is 7.42. The molecule has 3 fully saturated rings. The van der Waals surface area contributed by atoms with Crippen molar-refractivity contribution in [3.63, 3.8) is 0 Å². The minimum absolute atomic E-state index is 0.293. The molecule has 0 radical (unpaired) electrons. The summed E-state index contributed by atoms with van der Waals surface area (Å²) in [5.41, 5.74) is 2.33. The minimum Gasteiger partial charge on any atom is -0.348 e. The minimum atomic E-state index is -0.555. The van der Waals surface area contributed by atoms with Gasteiger partial charge in [0.25, 0.3) is 0 Å². The first-order valence-electron chi connectivity index (χ1n) is 15.9. The van der Waals surface area contributed by atoms with Gasteiger partial charge < -0.3 is 9.47 Å². The Morgan fingerprint density at radius 1 is 0.667 bits per heavy atom. The van der Waals surface area contributed by atoms with E-state index in [4.69, 9.17) is 9.47 Å². The van der Waals surface area contributed by atoms with Gasteiger partial charge in [-0.3, -0.25) is 0 Å². The van der Waals surface area contributed by atoms with E-state index >= 15 is 8.78 Å². The van der Waals surface area contributed by atoms with E-state index in [2.05, 4.69) is 13.8 Å². The Hall–Kier alpha value is -1.78. The van der Waals surface area contributed by atoms with Gasteiger partial charge in [0.15, 0.2) is 6.29 Å². The molecule has 2 aliphatic carbocycles. The molecule has 0 N–H and O–H groups in total. The first-order chi connectivity index (χ1) is 19.1. The maximum atomic E-state index is 15.2. The molecule has 1 saturated heterocycles. The number of benzene rings is 2. The van der Waals surface area contributed by atoms with Crippen LogP contribution in [0.2, 0.25) is 0 Å². The van der Waals surface area contributed by atoms with Crippen molar-refractivity contribution in [2.24, 2.45) is 23.7 Å². The summed E-state index contributed by atoms with van der Waals surface area (Å²) in [5.74, 6) is 2.43. The predicted octanol–water partition coefficient (Wildman–Crippen LogP) is 10.4. The molecule has 0 amide bonds. The Morgan fingerprint density at radius 2 is 1.26 bits per heavy atom. The van der Waals surface area contributed by atoms with Crippen molar-refractivity contribution in [1.82, 2.24) is 0 Å². The lowest BCUT2D eigenvalue weighted by molar-refractivity contribution is -0.214. The molecule has 0 bridgehead atoms. The topological polar surface area (TPSA) is 18.5 Å². The van der Waals surface area contributed by atoms with Crippen LogP contribution in [0.25, 0.3) is 11.1 Å². The molecule has 0 atom stereocenters.